The van der Waals surface area contributed by atoms with Crippen LogP contribution in [0.5, 0.6) is 0 Å². The van der Waals surface area contributed by atoms with Crippen LogP contribution in [0.2, 0.25) is 0 Å². The Morgan fingerprint density at radius 3 is 2.68 bits per heavy atom. The van der Waals surface area contributed by atoms with Crippen molar-refractivity contribution < 1.29 is 17.2 Å². The summed E-state index contributed by atoms with van der Waals surface area (Å²) in [4.78, 5) is 11.3. The minimum Gasteiger partial charge on any atom is -0.367 e. The fourth-order valence-corrected chi connectivity index (χ4v) is 6.32. The van der Waals surface area contributed by atoms with Crippen molar-refractivity contribution in [2.24, 2.45) is 0 Å². The molecule has 2 fully saturated rings. The van der Waals surface area contributed by atoms with E-state index in [2.05, 4.69) is 42.0 Å². The maximum absolute atomic E-state index is 13.3. The smallest absolute Gasteiger partial charge is 0.291 e. The third-order valence-electron chi connectivity index (χ3n) is 6.10. The molecule has 0 spiro atoms. The first kappa shape index (κ1) is 23.4. The van der Waals surface area contributed by atoms with Gasteiger partial charge in [-0.05, 0) is 45.7 Å². The number of alkyl halides is 2. The van der Waals surface area contributed by atoms with Gasteiger partial charge in [0.05, 0.1) is 16.1 Å². The predicted octanol–water partition coefficient (Wildman–Crippen LogP) is 3.02. The van der Waals surface area contributed by atoms with Crippen molar-refractivity contribution in [3.05, 3.63) is 23.0 Å². The summed E-state index contributed by atoms with van der Waals surface area (Å²) >= 11 is 0.742. The summed E-state index contributed by atoms with van der Waals surface area (Å²) in [6.45, 7) is 7.71. The zero-order chi connectivity index (χ0) is 24.3. The van der Waals surface area contributed by atoms with Crippen LogP contribution in [0.3, 0.4) is 0 Å². The minimum atomic E-state index is -3.84. The molecule has 0 bridgehead atoms. The fourth-order valence-electron chi connectivity index (χ4n) is 4.10. The standard InChI is InChI=1S/C21H25F2N7O2S2/c1-11-10-30(7-6-24-11)15-9-13(34(31,32)29-21(3)4-5-21)8-14-16(15)25-12(2)26-17(14)19-27-28-20(33-19)18(22)23/h8-9,11,18,24,29H,4-7,10H2,1-3H3/t11-/m1/s1. The molecule has 34 heavy (non-hydrogen) atoms. The largest absolute Gasteiger partial charge is 0.367 e. The second kappa shape index (κ2) is 8.40. The summed E-state index contributed by atoms with van der Waals surface area (Å²) in [5.74, 6) is 0.431. The maximum Gasteiger partial charge on any atom is 0.291 e. The highest BCUT2D eigenvalue weighted by Gasteiger charge is 2.41. The zero-order valence-corrected chi connectivity index (χ0v) is 20.6. The molecule has 1 saturated heterocycles. The third-order valence-corrected chi connectivity index (χ3v) is 8.65. The second-order valence-electron chi connectivity index (χ2n) is 9.17. The van der Waals surface area contributed by atoms with Crippen molar-refractivity contribution in [1.29, 1.82) is 0 Å². The average Bonchev–Trinajstić information content (AvgIpc) is 3.28. The number of halogens is 2. The van der Waals surface area contributed by atoms with Gasteiger partial charge in [-0.3, -0.25) is 0 Å². The van der Waals surface area contributed by atoms with E-state index in [0.29, 0.717) is 41.2 Å². The molecule has 2 N–H and O–H groups in total. The number of aryl methyl sites for hydroxylation is 1. The number of piperazine rings is 1. The van der Waals surface area contributed by atoms with Gasteiger partial charge in [0.1, 0.15) is 11.5 Å². The number of nitrogens with one attached hydrogen (secondary N) is 2. The lowest BCUT2D eigenvalue weighted by molar-refractivity contribution is 0.150. The first-order valence-corrected chi connectivity index (χ1v) is 13.3. The molecule has 1 aliphatic heterocycles. The molecular formula is C21H25F2N7O2S2. The molecule has 1 saturated carbocycles. The van der Waals surface area contributed by atoms with Crippen molar-refractivity contribution in [3.8, 4) is 10.7 Å². The Morgan fingerprint density at radius 1 is 1.26 bits per heavy atom. The Labute approximate surface area is 200 Å². The van der Waals surface area contributed by atoms with E-state index >= 15 is 0 Å². The summed E-state index contributed by atoms with van der Waals surface area (Å²) in [6.07, 6.45) is -1.20. The van der Waals surface area contributed by atoms with Crippen LogP contribution in [0.25, 0.3) is 21.6 Å². The topological polar surface area (TPSA) is 113 Å². The molecule has 2 aliphatic rings. The normalized spacial score (nSPS) is 20.3. The number of nitrogens with zero attached hydrogens (tertiary/aromatic N) is 5. The van der Waals surface area contributed by atoms with Crippen molar-refractivity contribution in [2.45, 2.75) is 56.5 Å². The van der Waals surface area contributed by atoms with Crippen LogP contribution in [0.15, 0.2) is 17.0 Å². The Kier molecular flexibility index (Phi) is 5.78. The van der Waals surface area contributed by atoms with Crippen LogP contribution >= 0.6 is 11.3 Å². The van der Waals surface area contributed by atoms with Crippen LogP contribution in [-0.4, -0.2) is 59.8 Å². The Bertz CT molecular complexity index is 1360. The molecule has 2 aromatic heterocycles. The number of hydrogen-bond donors (Lipinski definition) is 2. The molecule has 0 unspecified atom stereocenters. The van der Waals surface area contributed by atoms with Gasteiger partial charge >= 0.3 is 0 Å². The molecular weight excluding hydrogens is 484 g/mol. The van der Waals surface area contributed by atoms with Gasteiger partial charge in [-0.2, -0.15) is 0 Å². The van der Waals surface area contributed by atoms with Gasteiger partial charge in [0.2, 0.25) is 10.0 Å². The Hall–Kier alpha value is -2.35. The van der Waals surface area contributed by atoms with Gasteiger partial charge in [-0.1, -0.05) is 11.3 Å². The fraction of sp³-hybridized carbons (Fsp3) is 0.524. The van der Waals surface area contributed by atoms with E-state index in [9.17, 15) is 17.2 Å². The summed E-state index contributed by atoms with van der Waals surface area (Å²) < 4.78 is 55.8. The van der Waals surface area contributed by atoms with E-state index in [1.807, 2.05) is 6.92 Å². The van der Waals surface area contributed by atoms with E-state index in [-0.39, 0.29) is 15.9 Å². The lowest BCUT2D eigenvalue weighted by atomic mass is 10.1. The van der Waals surface area contributed by atoms with E-state index in [0.717, 1.165) is 30.7 Å². The number of hydrogen-bond acceptors (Lipinski definition) is 9. The number of fused-ring (bicyclic) bond motifs is 1. The first-order chi connectivity index (χ1) is 16.0. The van der Waals surface area contributed by atoms with E-state index in [4.69, 9.17) is 0 Å². The Morgan fingerprint density at radius 2 is 2.03 bits per heavy atom. The predicted molar refractivity (Wildman–Crippen MR) is 126 cm³/mol. The molecule has 0 radical (unpaired) electrons. The van der Waals surface area contributed by atoms with E-state index in [1.165, 1.54) is 6.07 Å². The van der Waals surface area contributed by atoms with Crippen LogP contribution in [0.4, 0.5) is 14.5 Å². The maximum atomic E-state index is 13.3. The monoisotopic (exact) mass is 509 g/mol. The number of anilines is 1. The van der Waals surface area contributed by atoms with Gasteiger partial charge in [-0.15, -0.1) is 10.2 Å². The Balaban J connectivity index is 1.74. The number of aromatic nitrogens is 4. The van der Waals surface area contributed by atoms with Gasteiger partial charge in [0, 0.05) is 36.6 Å². The average molecular weight is 510 g/mol. The molecule has 1 atom stereocenters. The molecule has 3 aromatic rings. The quantitative estimate of drug-likeness (QED) is 0.522. The molecule has 1 aliphatic carbocycles. The van der Waals surface area contributed by atoms with Crippen LogP contribution < -0.4 is 14.9 Å². The van der Waals surface area contributed by atoms with Crippen LogP contribution in [0, 0.1) is 6.92 Å². The molecule has 9 nitrogen and oxygen atoms in total. The second-order valence-corrected chi connectivity index (χ2v) is 11.9. The molecule has 0 amide bonds. The highest BCUT2D eigenvalue weighted by atomic mass is 32.2. The van der Waals surface area contributed by atoms with Gasteiger partial charge in [-0.25, -0.2) is 31.9 Å². The van der Waals surface area contributed by atoms with Crippen molar-refractivity contribution in [1.82, 2.24) is 30.2 Å². The first-order valence-electron chi connectivity index (χ1n) is 11.0. The lowest BCUT2D eigenvalue weighted by Crippen LogP contribution is -2.49. The van der Waals surface area contributed by atoms with Crippen molar-refractivity contribution in [3.63, 3.8) is 0 Å². The van der Waals surface area contributed by atoms with Crippen LogP contribution in [0.1, 0.15) is 43.9 Å². The lowest BCUT2D eigenvalue weighted by Gasteiger charge is -2.34. The van der Waals surface area contributed by atoms with Gasteiger partial charge < -0.3 is 10.2 Å². The van der Waals surface area contributed by atoms with Gasteiger partial charge in [0.25, 0.3) is 6.43 Å². The van der Waals surface area contributed by atoms with E-state index < -0.39 is 27.0 Å². The third kappa shape index (κ3) is 4.49. The van der Waals surface area contributed by atoms with Gasteiger partial charge in [0.15, 0.2) is 10.0 Å². The van der Waals surface area contributed by atoms with Crippen LogP contribution in [-0.2, 0) is 10.0 Å². The van der Waals surface area contributed by atoms with Crippen molar-refractivity contribution in [2.75, 3.05) is 24.5 Å². The van der Waals surface area contributed by atoms with Crippen molar-refractivity contribution >= 4 is 38.0 Å². The highest BCUT2D eigenvalue weighted by molar-refractivity contribution is 7.89. The molecule has 1 aromatic carbocycles. The number of benzene rings is 1. The highest BCUT2D eigenvalue weighted by Crippen LogP contribution is 2.39. The molecule has 182 valence electrons. The zero-order valence-electron chi connectivity index (χ0n) is 19.0. The summed E-state index contributed by atoms with van der Waals surface area (Å²) in [6, 6.07) is 3.36. The SMILES string of the molecule is Cc1nc(-c2nnc(C(F)F)s2)c2cc(S(=O)(=O)NC3(C)CC3)cc(N3CCN[C@H](C)C3)c2n1. The molecule has 3 heterocycles. The molecule has 13 heteroatoms. The number of rotatable bonds is 6. The molecule has 5 rings (SSSR count). The van der Waals surface area contributed by atoms with E-state index in [1.54, 1.807) is 13.0 Å². The summed E-state index contributed by atoms with van der Waals surface area (Å²) in [5.41, 5.74) is 1.07. The number of sulfonamides is 1. The minimum absolute atomic E-state index is 0.0848. The summed E-state index contributed by atoms with van der Waals surface area (Å²) in [5, 5.41) is 11.1. The summed E-state index contributed by atoms with van der Waals surface area (Å²) in [7, 11) is -3.84.